The van der Waals surface area contributed by atoms with E-state index in [1.54, 1.807) is 19.0 Å². The standard InChI is InChI=1S/C15H19BrFN7O3S2/c1-24(2)15(23-29(3,25)26)19-6-7-28-14-12(21-27-22-14)13(18)20-9-4-5-11(17)10(16)8-9/h4-5,8H,6-7H2,1-3H3,(H2,18,20)(H,19,23). The monoisotopic (exact) mass is 507 g/mol. The van der Waals surface area contributed by atoms with E-state index in [-0.39, 0.29) is 22.0 Å². The minimum absolute atomic E-state index is 0.0622. The van der Waals surface area contributed by atoms with Gasteiger partial charge in [-0.3, -0.25) is 5.41 Å². The van der Waals surface area contributed by atoms with E-state index in [0.717, 1.165) is 6.26 Å². The molecule has 29 heavy (non-hydrogen) atoms. The van der Waals surface area contributed by atoms with E-state index in [2.05, 4.69) is 41.3 Å². The molecule has 14 heteroatoms. The van der Waals surface area contributed by atoms with Crippen LogP contribution in [0.15, 0.2) is 36.7 Å². The topological polar surface area (TPSA) is 137 Å². The molecule has 0 atom stereocenters. The number of hydrogen-bond donors (Lipinski definition) is 3. The molecule has 10 nitrogen and oxygen atoms in total. The zero-order valence-electron chi connectivity index (χ0n) is 15.7. The number of anilines is 1. The van der Waals surface area contributed by atoms with Crippen LogP contribution in [0.3, 0.4) is 0 Å². The summed E-state index contributed by atoms with van der Waals surface area (Å²) in [7, 11) is -0.183. The van der Waals surface area contributed by atoms with Crippen LogP contribution in [0, 0.1) is 11.2 Å². The van der Waals surface area contributed by atoms with E-state index in [0.29, 0.717) is 23.0 Å². The zero-order chi connectivity index (χ0) is 21.6. The van der Waals surface area contributed by atoms with Crippen molar-refractivity contribution >= 4 is 55.2 Å². The quantitative estimate of drug-likeness (QED) is 0.222. The number of sulfonamides is 1. The summed E-state index contributed by atoms with van der Waals surface area (Å²) >= 11 is 4.35. The first kappa shape index (κ1) is 23.1. The molecule has 0 aliphatic carbocycles. The maximum Gasteiger partial charge on any atom is 0.253 e. The number of thioether (sulfide) groups is 1. The SMILES string of the molecule is CN(C)/C(=N\S(C)(=O)=O)NCCSc1nonc1C(=N)Nc1ccc(F)c(Br)c1. The first-order valence-electron chi connectivity index (χ1n) is 8.04. The lowest BCUT2D eigenvalue weighted by Gasteiger charge is -2.16. The Morgan fingerprint density at radius 1 is 1.41 bits per heavy atom. The Labute approximate surface area is 180 Å². The van der Waals surface area contributed by atoms with Crippen LogP contribution in [0.25, 0.3) is 0 Å². The first-order valence-corrected chi connectivity index (χ1v) is 11.7. The Morgan fingerprint density at radius 3 is 2.76 bits per heavy atom. The van der Waals surface area contributed by atoms with Gasteiger partial charge in [0.05, 0.1) is 10.7 Å². The van der Waals surface area contributed by atoms with E-state index in [9.17, 15) is 12.8 Å². The van der Waals surface area contributed by atoms with Crippen LogP contribution in [0.5, 0.6) is 0 Å². The molecule has 2 rings (SSSR count). The van der Waals surface area contributed by atoms with Crippen molar-refractivity contribution in [2.75, 3.05) is 38.0 Å². The molecule has 0 aliphatic rings. The number of aromatic nitrogens is 2. The normalized spacial score (nSPS) is 12.0. The van der Waals surface area contributed by atoms with Gasteiger partial charge >= 0.3 is 0 Å². The average molecular weight is 508 g/mol. The highest BCUT2D eigenvalue weighted by Crippen LogP contribution is 2.22. The summed E-state index contributed by atoms with van der Waals surface area (Å²) in [5.74, 6) is 0.217. The second kappa shape index (κ2) is 10.0. The van der Waals surface area contributed by atoms with Crippen LogP contribution in [-0.4, -0.2) is 68.1 Å². The van der Waals surface area contributed by atoms with E-state index < -0.39 is 15.8 Å². The predicted molar refractivity (Wildman–Crippen MR) is 114 cm³/mol. The first-order chi connectivity index (χ1) is 13.6. The molecule has 1 heterocycles. The molecule has 0 unspecified atom stereocenters. The minimum atomic E-state index is -3.53. The molecule has 0 aliphatic heterocycles. The highest BCUT2D eigenvalue weighted by atomic mass is 79.9. The van der Waals surface area contributed by atoms with Gasteiger partial charge in [0.15, 0.2) is 16.6 Å². The third-order valence-corrected chi connectivity index (χ3v) is 5.25. The summed E-state index contributed by atoms with van der Waals surface area (Å²) < 4.78 is 44.6. The van der Waals surface area contributed by atoms with Crippen molar-refractivity contribution in [1.29, 1.82) is 5.41 Å². The fraction of sp³-hybridized carbons (Fsp3) is 0.333. The van der Waals surface area contributed by atoms with Gasteiger partial charge in [0.25, 0.3) is 10.0 Å². The van der Waals surface area contributed by atoms with Gasteiger partial charge in [0.2, 0.25) is 5.96 Å². The molecule has 0 saturated heterocycles. The van der Waals surface area contributed by atoms with Gasteiger partial charge in [-0.1, -0.05) is 11.8 Å². The maximum absolute atomic E-state index is 13.3. The second-order valence-corrected chi connectivity index (χ2v) is 9.45. The highest BCUT2D eigenvalue weighted by molar-refractivity contribution is 9.10. The summed E-state index contributed by atoms with van der Waals surface area (Å²) in [6.07, 6.45) is 1.01. The molecule has 0 spiro atoms. The maximum atomic E-state index is 13.3. The van der Waals surface area contributed by atoms with Gasteiger partial charge in [-0.05, 0) is 44.4 Å². The van der Waals surface area contributed by atoms with Gasteiger partial charge in [0.1, 0.15) is 5.82 Å². The van der Waals surface area contributed by atoms with Crippen molar-refractivity contribution < 1.29 is 17.4 Å². The number of rotatable bonds is 7. The van der Waals surface area contributed by atoms with Gasteiger partial charge in [-0.2, -0.15) is 0 Å². The zero-order valence-corrected chi connectivity index (χ0v) is 19.0. The van der Waals surface area contributed by atoms with Gasteiger partial charge in [-0.25, -0.2) is 17.4 Å². The molecule has 0 bridgehead atoms. The van der Waals surface area contributed by atoms with Crippen LogP contribution in [-0.2, 0) is 10.0 Å². The molecule has 1 aromatic carbocycles. The van der Waals surface area contributed by atoms with Crippen LogP contribution in [0.2, 0.25) is 0 Å². The van der Waals surface area contributed by atoms with E-state index in [1.165, 1.54) is 30.0 Å². The lowest BCUT2D eigenvalue weighted by molar-refractivity contribution is 0.298. The number of nitrogens with one attached hydrogen (secondary N) is 3. The fourth-order valence-electron chi connectivity index (χ4n) is 1.94. The van der Waals surface area contributed by atoms with Crippen LogP contribution in [0.1, 0.15) is 5.69 Å². The summed E-state index contributed by atoms with van der Waals surface area (Å²) in [6, 6.07) is 4.25. The number of nitrogens with zero attached hydrogens (tertiary/aromatic N) is 4. The molecular weight excluding hydrogens is 489 g/mol. The molecule has 1 aromatic heterocycles. The van der Waals surface area contributed by atoms with Crippen molar-refractivity contribution in [3.05, 3.63) is 34.2 Å². The van der Waals surface area contributed by atoms with Crippen molar-refractivity contribution in [1.82, 2.24) is 20.5 Å². The van der Waals surface area contributed by atoms with Crippen LogP contribution < -0.4 is 10.6 Å². The number of benzene rings is 1. The largest absolute Gasteiger partial charge is 0.355 e. The Morgan fingerprint density at radius 2 is 2.14 bits per heavy atom. The number of amidine groups is 1. The summed E-state index contributed by atoms with van der Waals surface area (Å²) in [4.78, 5) is 1.55. The van der Waals surface area contributed by atoms with Crippen molar-refractivity contribution in [2.45, 2.75) is 5.03 Å². The van der Waals surface area contributed by atoms with E-state index in [1.807, 2.05) is 0 Å². The molecule has 0 amide bonds. The Bertz CT molecular complexity index is 1010. The third kappa shape index (κ3) is 7.29. The number of guanidine groups is 1. The third-order valence-electron chi connectivity index (χ3n) is 3.18. The number of hydrogen-bond acceptors (Lipinski definition) is 7. The Hall–Kier alpha value is -2.19. The molecule has 3 N–H and O–H groups in total. The van der Waals surface area contributed by atoms with Gasteiger partial charge < -0.3 is 15.5 Å². The minimum Gasteiger partial charge on any atom is -0.355 e. The average Bonchev–Trinajstić information content (AvgIpc) is 3.08. The fourth-order valence-corrected chi connectivity index (χ4v) is 3.63. The smallest absolute Gasteiger partial charge is 0.253 e. The second-order valence-electron chi connectivity index (χ2n) is 5.86. The van der Waals surface area contributed by atoms with Crippen LogP contribution >= 0.6 is 27.7 Å². The summed E-state index contributed by atoms with van der Waals surface area (Å²) in [5.41, 5.74) is 0.699. The van der Waals surface area contributed by atoms with Gasteiger partial charge in [0, 0.05) is 32.1 Å². The predicted octanol–water partition coefficient (Wildman–Crippen LogP) is 1.97. The number of halogens is 2. The van der Waals surface area contributed by atoms with Crippen LogP contribution in [0.4, 0.5) is 10.1 Å². The van der Waals surface area contributed by atoms with E-state index in [4.69, 9.17) is 10.0 Å². The molecule has 0 fully saturated rings. The molecule has 0 radical (unpaired) electrons. The summed E-state index contributed by atoms with van der Waals surface area (Å²) in [6.45, 7) is 0.384. The lowest BCUT2D eigenvalue weighted by Crippen LogP contribution is -2.38. The highest BCUT2D eigenvalue weighted by Gasteiger charge is 2.16. The van der Waals surface area contributed by atoms with E-state index >= 15 is 0 Å². The van der Waals surface area contributed by atoms with Crippen molar-refractivity contribution in [3.63, 3.8) is 0 Å². The molecular formula is C15H19BrFN7O3S2. The summed E-state index contributed by atoms with van der Waals surface area (Å²) in [5, 5.41) is 21.8. The lowest BCUT2D eigenvalue weighted by atomic mass is 10.3. The molecule has 158 valence electrons. The van der Waals surface area contributed by atoms with Gasteiger partial charge in [-0.15, -0.1) is 4.40 Å². The Kier molecular flexibility index (Phi) is 7.98. The Balaban J connectivity index is 1.95. The van der Waals surface area contributed by atoms with Crippen molar-refractivity contribution in [3.8, 4) is 0 Å². The molecule has 0 saturated carbocycles. The molecule has 2 aromatic rings. The van der Waals surface area contributed by atoms with Crippen molar-refractivity contribution in [2.24, 2.45) is 4.40 Å².